The van der Waals surface area contributed by atoms with Gasteiger partial charge in [-0.2, -0.15) is 0 Å². The topological polar surface area (TPSA) is 42.2 Å². The van der Waals surface area contributed by atoms with Crippen LogP contribution < -0.4 is 0 Å². The zero-order valence-electron chi connectivity index (χ0n) is 9.44. The Balaban J connectivity index is 2.13. The fraction of sp³-hybridized carbons (Fsp3) is 0.154. The van der Waals surface area contributed by atoms with Crippen molar-refractivity contribution in [1.82, 2.24) is 4.57 Å². The Hall–Kier alpha value is -1.62. The summed E-state index contributed by atoms with van der Waals surface area (Å²) in [6.07, 6.45) is 2.29. The van der Waals surface area contributed by atoms with E-state index in [4.69, 9.17) is 5.11 Å². The molecule has 2 rings (SSSR count). The molecule has 0 spiro atoms. The maximum Gasteiger partial charge on any atom is 0.352 e. The number of carbonyl (C=O) groups is 1. The van der Waals surface area contributed by atoms with Crippen LogP contribution in [0.25, 0.3) is 0 Å². The standard InChI is InChI=1S/C13H11BrFNO2/c14-10-7-12(13(17)18)16(8-10)5-4-9-2-1-3-11(15)6-9/h1-3,6-8H,4-5H2,(H,17,18). The summed E-state index contributed by atoms with van der Waals surface area (Å²) in [7, 11) is 0. The molecule has 1 aromatic heterocycles. The zero-order chi connectivity index (χ0) is 13.1. The van der Waals surface area contributed by atoms with Gasteiger partial charge in [0.25, 0.3) is 0 Å². The molecule has 0 fully saturated rings. The third kappa shape index (κ3) is 2.98. The highest BCUT2D eigenvalue weighted by atomic mass is 79.9. The van der Waals surface area contributed by atoms with E-state index in [0.717, 1.165) is 10.0 Å². The molecular formula is C13H11BrFNO2. The van der Waals surface area contributed by atoms with Crippen LogP contribution in [-0.2, 0) is 13.0 Å². The largest absolute Gasteiger partial charge is 0.477 e. The Kier molecular flexibility index (Phi) is 3.81. The molecule has 0 aliphatic carbocycles. The Morgan fingerprint density at radius 2 is 2.17 bits per heavy atom. The first-order valence-corrected chi connectivity index (χ1v) is 6.19. The van der Waals surface area contributed by atoms with Crippen molar-refractivity contribution in [3.63, 3.8) is 0 Å². The summed E-state index contributed by atoms with van der Waals surface area (Å²) in [5.41, 5.74) is 1.06. The molecule has 0 unspecified atom stereocenters. The van der Waals surface area contributed by atoms with Crippen molar-refractivity contribution in [3.8, 4) is 0 Å². The number of rotatable bonds is 4. The minimum absolute atomic E-state index is 0.221. The van der Waals surface area contributed by atoms with Gasteiger partial charge in [-0.3, -0.25) is 0 Å². The first-order chi connectivity index (χ1) is 8.56. The summed E-state index contributed by atoms with van der Waals surface area (Å²) >= 11 is 3.24. The van der Waals surface area contributed by atoms with Crippen LogP contribution in [0.1, 0.15) is 16.1 Å². The van der Waals surface area contributed by atoms with Gasteiger partial charge in [-0.25, -0.2) is 9.18 Å². The van der Waals surface area contributed by atoms with Crippen LogP contribution in [0.5, 0.6) is 0 Å². The lowest BCUT2D eigenvalue weighted by molar-refractivity contribution is 0.0685. The second-order valence-corrected chi connectivity index (χ2v) is 4.84. The van der Waals surface area contributed by atoms with Crippen molar-refractivity contribution >= 4 is 21.9 Å². The molecule has 0 atom stereocenters. The van der Waals surface area contributed by atoms with Crippen LogP contribution in [0.4, 0.5) is 4.39 Å². The lowest BCUT2D eigenvalue weighted by atomic mass is 10.1. The van der Waals surface area contributed by atoms with Crippen molar-refractivity contribution in [3.05, 3.63) is 58.1 Å². The smallest absolute Gasteiger partial charge is 0.352 e. The summed E-state index contributed by atoms with van der Waals surface area (Å²) < 4.78 is 15.4. The van der Waals surface area contributed by atoms with Crippen molar-refractivity contribution in [2.45, 2.75) is 13.0 Å². The first kappa shape index (κ1) is 12.8. The maximum absolute atomic E-state index is 13.0. The van der Waals surface area contributed by atoms with Crippen molar-refractivity contribution in [1.29, 1.82) is 0 Å². The Labute approximate surface area is 112 Å². The van der Waals surface area contributed by atoms with Gasteiger partial charge < -0.3 is 9.67 Å². The van der Waals surface area contributed by atoms with Crippen LogP contribution in [0.3, 0.4) is 0 Å². The minimum atomic E-state index is -0.972. The molecule has 1 heterocycles. The molecule has 0 saturated heterocycles. The number of benzene rings is 1. The SMILES string of the molecule is O=C(O)c1cc(Br)cn1CCc1cccc(F)c1. The van der Waals surface area contributed by atoms with Gasteiger partial charge >= 0.3 is 5.97 Å². The zero-order valence-corrected chi connectivity index (χ0v) is 11.0. The van der Waals surface area contributed by atoms with E-state index in [1.54, 1.807) is 22.9 Å². The minimum Gasteiger partial charge on any atom is -0.477 e. The van der Waals surface area contributed by atoms with Gasteiger partial charge in [0.1, 0.15) is 11.5 Å². The molecule has 0 amide bonds. The van der Waals surface area contributed by atoms with Crippen LogP contribution in [0, 0.1) is 5.82 Å². The second kappa shape index (κ2) is 5.35. The average Bonchev–Trinajstić information content (AvgIpc) is 2.68. The summed E-state index contributed by atoms with van der Waals surface area (Å²) in [6, 6.07) is 7.86. The molecule has 0 aliphatic rings. The summed E-state index contributed by atoms with van der Waals surface area (Å²) in [6.45, 7) is 0.497. The highest BCUT2D eigenvalue weighted by Crippen LogP contribution is 2.16. The van der Waals surface area contributed by atoms with E-state index in [0.29, 0.717) is 13.0 Å². The molecule has 0 radical (unpaired) electrons. The number of aryl methyl sites for hydroxylation is 2. The summed E-state index contributed by atoms with van der Waals surface area (Å²) in [4.78, 5) is 11.0. The molecule has 18 heavy (non-hydrogen) atoms. The lowest BCUT2D eigenvalue weighted by Gasteiger charge is -2.06. The maximum atomic E-state index is 13.0. The number of carboxylic acid groups (broad SMARTS) is 1. The van der Waals surface area contributed by atoms with E-state index in [1.807, 2.05) is 6.07 Å². The lowest BCUT2D eigenvalue weighted by Crippen LogP contribution is -2.09. The number of halogens is 2. The Morgan fingerprint density at radius 1 is 1.39 bits per heavy atom. The molecule has 5 heteroatoms. The molecule has 3 nitrogen and oxygen atoms in total. The van der Waals surface area contributed by atoms with E-state index in [9.17, 15) is 9.18 Å². The summed E-state index contributed by atoms with van der Waals surface area (Å²) in [5.74, 6) is -1.25. The van der Waals surface area contributed by atoms with Gasteiger partial charge in [0.15, 0.2) is 0 Å². The number of carboxylic acids is 1. The van der Waals surface area contributed by atoms with Gasteiger partial charge in [0.2, 0.25) is 0 Å². The quantitative estimate of drug-likeness (QED) is 0.941. The fourth-order valence-electron chi connectivity index (χ4n) is 1.78. The van der Waals surface area contributed by atoms with E-state index < -0.39 is 5.97 Å². The van der Waals surface area contributed by atoms with Gasteiger partial charge in [0.05, 0.1) is 0 Å². The number of hydrogen-bond donors (Lipinski definition) is 1. The molecule has 0 saturated carbocycles. The fourth-order valence-corrected chi connectivity index (χ4v) is 2.24. The van der Waals surface area contributed by atoms with Crippen molar-refractivity contribution < 1.29 is 14.3 Å². The molecule has 94 valence electrons. The number of hydrogen-bond acceptors (Lipinski definition) is 1. The van der Waals surface area contributed by atoms with Gasteiger partial charge in [-0.15, -0.1) is 0 Å². The molecule has 0 bridgehead atoms. The van der Waals surface area contributed by atoms with Gasteiger partial charge in [0, 0.05) is 17.2 Å². The highest BCUT2D eigenvalue weighted by Gasteiger charge is 2.11. The monoisotopic (exact) mass is 311 g/mol. The van der Waals surface area contributed by atoms with Crippen LogP contribution in [-0.4, -0.2) is 15.6 Å². The van der Waals surface area contributed by atoms with Crippen molar-refractivity contribution in [2.75, 3.05) is 0 Å². The molecule has 0 aliphatic heterocycles. The van der Waals surface area contributed by atoms with E-state index in [1.165, 1.54) is 12.1 Å². The highest BCUT2D eigenvalue weighted by molar-refractivity contribution is 9.10. The average molecular weight is 312 g/mol. The number of nitrogens with zero attached hydrogens (tertiary/aromatic N) is 1. The third-order valence-electron chi connectivity index (χ3n) is 2.61. The Morgan fingerprint density at radius 3 is 2.83 bits per heavy atom. The normalized spacial score (nSPS) is 10.6. The first-order valence-electron chi connectivity index (χ1n) is 5.39. The van der Waals surface area contributed by atoms with Crippen LogP contribution >= 0.6 is 15.9 Å². The predicted molar refractivity (Wildman–Crippen MR) is 69.2 cm³/mol. The van der Waals surface area contributed by atoms with E-state index >= 15 is 0 Å². The second-order valence-electron chi connectivity index (χ2n) is 3.92. The summed E-state index contributed by atoms with van der Waals surface area (Å²) in [5, 5.41) is 9.02. The van der Waals surface area contributed by atoms with Crippen molar-refractivity contribution in [2.24, 2.45) is 0 Å². The third-order valence-corrected chi connectivity index (χ3v) is 3.05. The van der Waals surface area contributed by atoms with Crippen LogP contribution in [0.15, 0.2) is 41.0 Å². The molecule has 1 N–H and O–H groups in total. The van der Waals surface area contributed by atoms with Crippen LogP contribution in [0.2, 0.25) is 0 Å². The van der Waals surface area contributed by atoms with Gasteiger partial charge in [-0.05, 0) is 46.1 Å². The van der Waals surface area contributed by atoms with E-state index in [-0.39, 0.29) is 11.5 Å². The molecule has 1 aromatic carbocycles. The molecule has 2 aromatic rings. The Bertz CT molecular complexity index is 580. The van der Waals surface area contributed by atoms with E-state index in [2.05, 4.69) is 15.9 Å². The van der Waals surface area contributed by atoms with Gasteiger partial charge in [-0.1, -0.05) is 12.1 Å². The number of aromatic carboxylic acids is 1. The number of aromatic nitrogens is 1. The molecular weight excluding hydrogens is 301 g/mol. The predicted octanol–water partition coefficient (Wildman–Crippen LogP) is 3.33.